The summed E-state index contributed by atoms with van der Waals surface area (Å²) in [6.07, 6.45) is 1.38. The second-order valence-corrected chi connectivity index (χ2v) is 8.32. The van der Waals surface area contributed by atoms with E-state index in [4.69, 9.17) is 16.3 Å². The fraction of sp³-hybridized carbons (Fsp3) is 0.391. The van der Waals surface area contributed by atoms with Crippen LogP contribution < -0.4 is 10.1 Å². The number of rotatable bonds is 11. The Balaban J connectivity index is 2.20. The van der Waals surface area contributed by atoms with Crippen molar-refractivity contribution in [3.63, 3.8) is 0 Å². The van der Waals surface area contributed by atoms with Crippen molar-refractivity contribution in [2.45, 2.75) is 44.2 Å². The Morgan fingerprint density at radius 1 is 1.17 bits per heavy atom. The molecule has 0 unspecified atom stereocenters. The van der Waals surface area contributed by atoms with E-state index in [0.29, 0.717) is 24.5 Å². The summed E-state index contributed by atoms with van der Waals surface area (Å²) in [6, 6.07) is 14.4. The molecule has 0 aliphatic carbocycles. The summed E-state index contributed by atoms with van der Waals surface area (Å²) in [5, 5.41) is 3.58. The molecule has 0 radical (unpaired) electrons. The van der Waals surface area contributed by atoms with Gasteiger partial charge >= 0.3 is 0 Å². The molecule has 0 saturated carbocycles. The van der Waals surface area contributed by atoms with E-state index in [-0.39, 0.29) is 17.6 Å². The van der Waals surface area contributed by atoms with Crippen LogP contribution in [0.25, 0.3) is 0 Å². The summed E-state index contributed by atoms with van der Waals surface area (Å²) >= 11 is 7.37. The molecule has 0 aliphatic heterocycles. The van der Waals surface area contributed by atoms with Gasteiger partial charge in [0.25, 0.3) is 0 Å². The Morgan fingerprint density at radius 3 is 2.53 bits per heavy atom. The van der Waals surface area contributed by atoms with Crippen LogP contribution in [-0.2, 0) is 16.1 Å². The fourth-order valence-corrected chi connectivity index (χ4v) is 3.92. The van der Waals surface area contributed by atoms with Crippen molar-refractivity contribution in [1.29, 1.82) is 0 Å². The van der Waals surface area contributed by atoms with Crippen molar-refractivity contribution in [3.8, 4) is 5.75 Å². The molecule has 0 heterocycles. The van der Waals surface area contributed by atoms with Crippen LogP contribution in [0.5, 0.6) is 5.75 Å². The van der Waals surface area contributed by atoms with Crippen molar-refractivity contribution < 1.29 is 14.3 Å². The quantitative estimate of drug-likeness (QED) is 0.503. The van der Waals surface area contributed by atoms with Crippen LogP contribution in [0.1, 0.15) is 32.3 Å². The highest BCUT2D eigenvalue weighted by atomic mass is 35.5. The molecule has 1 atom stereocenters. The van der Waals surface area contributed by atoms with Gasteiger partial charge in [0.1, 0.15) is 11.8 Å². The predicted molar refractivity (Wildman–Crippen MR) is 123 cm³/mol. The van der Waals surface area contributed by atoms with Gasteiger partial charge < -0.3 is 15.0 Å². The zero-order valence-electron chi connectivity index (χ0n) is 17.7. The molecule has 5 nitrogen and oxygen atoms in total. The number of benzene rings is 2. The van der Waals surface area contributed by atoms with Crippen LogP contribution >= 0.6 is 23.4 Å². The Labute approximate surface area is 188 Å². The highest BCUT2D eigenvalue weighted by Crippen LogP contribution is 2.23. The molecule has 2 amide bonds. The summed E-state index contributed by atoms with van der Waals surface area (Å²) in [5.74, 6) is 0.755. The molecule has 2 aromatic rings. The highest BCUT2D eigenvalue weighted by molar-refractivity contribution is 8.00. The molecule has 0 aliphatic rings. The average Bonchev–Trinajstić information content (AvgIpc) is 2.77. The normalized spacial score (nSPS) is 11.6. The van der Waals surface area contributed by atoms with Crippen molar-refractivity contribution in [2.24, 2.45) is 0 Å². The molecule has 0 saturated heterocycles. The Kier molecular flexibility index (Phi) is 10.0. The molecular weight excluding hydrogens is 420 g/mol. The molecule has 162 valence electrons. The van der Waals surface area contributed by atoms with Gasteiger partial charge in [-0.25, -0.2) is 0 Å². The smallest absolute Gasteiger partial charge is 0.242 e. The molecule has 0 spiro atoms. The maximum absolute atomic E-state index is 13.2. The van der Waals surface area contributed by atoms with Gasteiger partial charge in [0.2, 0.25) is 11.8 Å². The molecule has 0 aromatic heterocycles. The minimum atomic E-state index is -0.527. The molecule has 2 aromatic carbocycles. The molecule has 7 heteroatoms. The number of thioether (sulfide) groups is 1. The minimum absolute atomic E-state index is 0.0868. The largest absolute Gasteiger partial charge is 0.497 e. The number of hydrogen-bond acceptors (Lipinski definition) is 4. The first-order chi connectivity index (χ1) is 14.5. The number of nitrogens with zero attached hydrogens (tertiary/aromatic N) is 1. The number of ether oxygens (including phenoxy) is 1. The van der Waals surface area contributed by atoms with Crippen LogP contribution in [0, 0.1) is 0 Å². The summed E-state index contributed by atoms with van der Waals surface area (Å²) < 4.78 is 5.30. The van der Waals surface area contributed by atoms with E-state index in [1.54, 1.807) is 24.1 Å². The lowest BCUT2D eigenvalue weighted by Gasteiger charge is -2.30. The number of methoxy groups -OCH3 is 1. The fourth-order valence-electron chi connectivity index (χ4n) is 3.01. The van der Waals surface area contributed by atoms with E-state index in [1.807, 2.05) is 50.2 Å². The lowest BCUT2D eigenvalue weighted by atomic mass is 10.1. The first kappa shape index (κ1) is 24.1. The number of amides is 2. The first-order valence-corrected chi connectivity index (χ1v) is 11.4. The van der Waals surface area contributed by atoms with E-state index >= 15 is 0 Å². The van der Waals surface area contributed by atoms with Gasteiger partial charge in [-0.05, 0) is 54.8 Å². The number of carbonyl (C=O) groups excluding carboxylic acids is 2. The standard InChI is InChI=1S/C23H29ClN2O3S/c1-4-13-25-23(28)21(5-2)26(15-17-7-6-8-19(14-17)29-3)22(27)16-30-20-11-9-18(24)10-12-20/h6-12,14,21H,4-5,13,15-16H2,1-3H3,(H,25,28)/t21-/m0/s1. The molecular formula is C23H29ClN2O3S. The second kappa shape index (κ2) is 12.5. The van der Waals surface area contributed by atoms with Gasteiger partial charge in [-0.15, -0.1) is 11.8 Å². The summed E-state index contributed by atoms with van der Waals surface area (Å²) in [7, 11) is 1.61. The van der Waals surface area contributed by atoms with Crippen LogP contribution in [0.3, 0.4) is 0 Å². The SMILES string of the molecule is CCCNC(=O)[C@H](CC)N(Cc1cccc(OC)c1)C(=O)CSc1ccc(Cl)cc1. The zero-order valence-corrected chi connectivity index (χ0v) is 19.3. The number of hydrogen-bond donors (Lipinski definition) is 1. The van der Waals surface area contributed by atoms with Crippen LogP contribution in [-0.4, -0.2) is 42.2 Å². The zero-order chi connectivity index (χ0) is 21.9. The van der Waals surface area contributed by atoms with Gasteiger partial charge in [-0.2, -0.15) is 0 Å². The Hall–Kier alpha value is -2.18. The van der Waals surface area contributed by atoms with Gasteiger partial charge in [-0.3, -0.25) is 9.59 Å². The number of carbonyl (C=O) groups is 2. The second-order valence-electron chi connectivity index (χ2n) is 6.83. The van der Waals surface area contributed by atoms with Gasteiger partial charge in [-0.1, -0.05) is 37.6 Å². The Morgan fingerprint density at radius 2 is 1.90 bits per heavy atom. The summed E-state index contributed by atoms with van der Waals surface area (Å²) in [5.41, 5.74) is 0.918. The van der Waals surface area contributed by atoms with Gasteiger partial charge in [0, 0.05) is 23.0 Å². The van der Waals surface area contributed by atoms with Crippen LogP contribution in [0.4, 0.5) is 0 Å². The average molecular weight is 449 g/mol. The van der Waals surface area contributed by atoms with Crippen molar-refractivity contribution in [2.75, 3.05) is 19.4 Å². The molecule has 1 N–H and O–H groups in total. The lowest BCUT2D eigenvalue weighted by molar-refractivity contribution is -0.139. The molecule has 0 fully saturated rings. The third kappa shape index (κ3) is 7.26. The van der Waals surface area contributed by atoms with Crippen LogP contribution in [0.15, 0.2) is 53.4 Å². The van der Waals surface area contributed by atoms with E-state index in [9.17, 15) is 9.59 Å². The van der Waals surface area contributed by atoms with Gasteiger partial charge in [0.15, 0.2) is 0 Å². The third-order valence-electron chi connectivity index (χ3n) is 4.60. The van der Waals surface area contributed by atoms with Gasteiger partial charge in [0.05, 0.1) is 12.9 Å². The number of halogens is 1. The minimum Gasteiger partial charge on any atom is -0.497 e. The first-order valence-electron chi connectivity index (χ1n) is 10.1. The maximum Gasteiger partial charge on any atom is 0.242 e. The predicted octanol–water partition coefficient (Wildman–Crippen LogP) is 4.77. The van der Waals surface area contributed by atoms with E-state index in [0.717, 1.165) is 22.6 Å². The monoisotopic (exact) mass is 448 g/mol. The van der Waals surface area contributed by atoms with Crippen molar-refractivity contribution in [3.05, 3.63) is 59.1 Å². The van der Waals surface area contributed by atoms with E-state index < -0.39 is 6.04 Å². The van der Waals surface area contributed by atoms with Crippen molar-refractivity contribution >= 4 is 35.2 Å². The third-order valence-corrected chi connectivity index (χ3v) is 5.85. The molecule has 0 bridgehead atoms. The highest BCUT2D eigenvalue weighted by Gasteiger charge is 2.28. The molecule has 30 heavy (non-hydrogen) atoms. The maximum atomic E-state index is 13.2. The van der Waals surface area contributed by atoms with E-state index in [1.165, 1.54) is 11.8 Å². The van der Waals surface area contributed by atoms with E-state index in [2.05, 4.69) is 5.32 Å². The lowest BCUT2D eigenvalue weighted by Crippen LogP contribution is -2.49. The number of nitrogens with one attached hydrogen (secondary N) is 1. The Bertz CT molecular complexity index is 829. The molecule has 2 rings (SSSR count). The summed E-state index contributed by atoms with van der Waals surface area (Å²) in [6.45, 7) is 4.86. The van der Waals surface area contributed by atoms with Crippen LogP contribution in [0.2, 0.25) is 5.02 Å². The topological polar surface area (TPSA) is 58.6 Å². The summed E-state index contributed by atoms with van der Waals surface area (Å²) in [4.78, 5) is 28.6. The van der Waals surface area contributed by atoms with Crippen molar-refractivity contribution in [1.82, 2.24) is 10.2 Å².